The zero-order valence-electron chi connectivity index (χ0n) is 11.2. The number of methoxy groups -OCH3 is 1. The van der Waals surface area contributed by atoms with Crippen LogP contribution in [-0.4, -0.2) is 7.11 Å². The highest BCUT2D eigenvalue weighted by molar-refractivity contribution is 6.30. The number of benzene rings is 2. The van der Waals surface area contributed by atoms with Crippen LogP contribution in [0.1, 0.15) is 29.7 Å². The lowest BCUT2D eigenvalue weighted by Crippen LogP contribution is -2.24. The van der Waals surface area contributed by atoms with Gasteiger partial charge in [-0.15, -0.1) is 0 Å². The summed E-state index contributed by atoms with van der Waals surface area (Å²) in [6, 6.07) is 13.4. The average molecular weight is 290 g/mol. The molecule has 3 rings (SSSR count). The maximum absolute atomic E-state index is 6.27. The molecule has 20 heavy (non-hydrogen) atoms. The summed E-state index contributed by atoms with van der Waals surface area (Å²) in [5, 5.41) is 0.721. The van der Waals surface area contributed by atoms with Crippen LogP contribution < -0.4 is 15.2 Å². The molecule has 1 aliphatic heterocycles. The van der Waals surface area contributed by atoms with Gasteiger partial charge < -0.3 is 15.2 Å². The predicted octanol–water partition coefficient (Wildman–Crippen LogP) is 3.87. The molecule has 0 amide bonds. The second-order valence-corrected chi connectivity index (χ2v) is 5.34. The molecule has 0 bridgehead atoms. The van der Waals surface area contributed by atoms with Gasteiger partial charge in [0.25, 0.3) is 0 Å². The van der Waals surface area contributed by atoms with Crippen LogP contribution in [-0.2, 0) is 0 Å². The molecule has 0 fully saturated rings. The van der Waals surface area contributed by atoms with Crippen molar-refractivity contribution in [2.75, 3.05) is 7.11 Å². The first-order valence-corrected chi connectivity index (χ1v) is 6.91. The summed E-state index contributed by atoms with van der Waals surface area (Å²) in [6.45, 7) is 0. The van der Waals surface area contributed by atoms with E-state index in [4.69, 9.17) is 26.8 Å². The van der Waals surface area contributed by atoms with Crippen molar-refractivity contribution in [3.8, 4) is 11.5 Å². The lowest BCUT2D eigenvalue weighted by molar-refractivity contribution is 0.161. The normalized spacial score (nSPS) is 20.9. The van der Waals surface area contributed by atoms with Crippen LogP contribution in [0.2, 0.25) is 5.02 Å². The first-order valence-electron chi connectivity index (χ1n) is 6.53. The van der Waals surface area contributed by atoms with Gasteiger partial charge in [0.1, 0.15) is 17.6 Å². The zero-order valence-corrected chi connectivity index (χ0v) is 11.9. The number of ether oxygens (including phenoxy) is 2. The van der Waals surface area contributed by atoms with Gasteiger partial charge in [-0.25, -0.2) is 0 Å². The summed E-state index contributed by atoms with van der Waals surface area (Å²) in [7, 11) is 1.65. The fourth-order valence-corrected chi connectivity index (χ4v) is 2.62. The van der Waals surface area contributed by atoms with E-state index >= 15 is 0 Å². The predicted molar refractivity (Wildman–Crippen MR) is 79.4 cm³/mol. The van der Waals surface area contributed by atoms with E-state index in [1.807, 2.05) is 42.5 Å². The van der Waals surface area contributed by atoms with Gasteiger partial charge in [-0.3, -0.25) is 0 Å². The molecule has 0 radical (unpaired) electrons. The highest BCUT2D eigenvalue weighted by Gasteiger charge is 2.27. The molecule has 2 N–H and O–H groups in total. The number of hydrogen-bond acceptors (Lipinski definition) is 3. The molecule has 3 nitrogen and oxygen atoms in total. The van der Waals surface area contributed by atoms with E-state index in [0.717, 1.165) is 34.1 Å². The number of rotatable bonds is 2. The van der Waals surface area contributed by atoms with Crippen molar-refractivity contribution in [2.45, 2.75) is 18.6 Å². The van der Waals surface area contributed by atoms with Crippen LogP contribution in [0.5, 0.6) is 11.5 Å². The van der Waals surface area contributed by atoms with Crippen molar-refractivity contribution in [1.82, 2.24) is 0 Å². The maximum atomic E-state index is 6.27. The van der Waals surface area contributed by atoms with Crippen molar-refractivity contribution in [3.05, 3.63) is 58.6 Å². The first kappa shape index (κ1) is 13.3. The molecular formula is C16H16ClNO2. The second-order valence-electron chi connectivity index (χ2n) is 4.90. The summed E-state index contributed by atoms with van der Waals surface area (Å²) in [5.74, 6) is 1.62. The molecule has 0 spiro atoms. The topological polar surface area (TPSA) is 44.5 Å². The Hall–Kier alpha value is -1.71. The van der Waals surface area contributed by atoms with Gasteiger partial charge in [-0.05, 0) is 35.9 Å². The second kappa shape index (κ2) is 5.35. The highest BCUT2D eigenvalue weighted by Crippen LogP contribution is 2.41. The SMILES string of the molecule is COc1ccc2c(c1)C(N)CC(c1ccc(Cl)cc1)O2. The molecule has 0 aliphatic carbocycles. The molecule has 0 saturated heterocycles. The molecule has 2 unspecified atom stereocenters. The standard InChI is InChI=1S/C16H16ClNO2/c1-19-12-6-7-15-13(8-12)14(18)9-16(20-15)10-2-4-11(17)5-3-10/h2-8,14,16H,9,18H2,1H3. The smallest absolute Gasteiger partial charge is 0.126 e. The van der Waals surface area contributed by atoms with Crippen molar-refractivity contribution in [1.29, 1.82) is 0 Å². The van der Waals surface area contributed by atoms with Gasteiger partial charge >= 0.3 is 0 Å². The molecule has 2 aromatic rings. The largest absolute Gasteiger partial charge is 0.497 e. The fourth-order valence-electron chi connectivity index (χ4n) is 2.49. The maximum Gasteiger partial charge on any atom is 0.126 e. The van der Waals surface area contributed by atoms with Gasteiger partial charge in [-0.1, -0.05) is 23.7 Å². The Kier molecular flexibility index (Phi) is 3.55. The lowest BCUT2D eigenvalue weighted by Gasteiger charge is -2.30. The molecule has 2 atom stereocenters. The number of hydrogen-bond donors (Lipinski definition) is 1. The Morgan fingerprint density at radius 3 is 2.65 bits per heavy atom. The third kappa shape index (κ3) is 2.47. The highest BCUT2D eigenvalue weighted by atomic mass is 35.5. The number of fused-ring (bicyclic) bond motifs is 1. The molecule has 0 saturated carbocycles. The fraction of sp³-hybridized carbons (Fsp3) is 0.250. The van der Waals surface area contributed by atoms with Crippen LogP contribution in [0.3, 0.4) is 0 Å². The third-order valence-corrected chi connectivity index (χ3v) is 3.85. The Labute approximate surface area is 123 Å². The summed E-state index contributed by atoms with van der Waals surface area (Å²) >= 11 is 5.91. The van der Waals surface area contributed by atoms with Crippen molar-refractivity contribution in [2.24, 2.45) is 5.73 Å². The minimum absolute atomic E-state index is 0.0387. The van der Waals surface area contributed by atoms with E-state index in [1.165, 1.54) is 0 Å². The molecule has 0 aromatic heterocycles. The van der Waals surface area contributed by atoms with E-state index in [0.29, 0.717) is 0 Å². The van der Waals surface area contributed by atoms with Gasteiger partial charge in [0.2, 0.25) is 0 Å². The van der Waals surface area contributed by atoms with Crippen molar-refractivity contribution < 1.29 is 9.47 Å². The van der Waals surface area contributed by atoms with Gasteiger partial charge in [-0.2, -0.15) is 0 Å². The van der Waals surface area contributed by atoms with E-state index in [9.17, 15) is 0 Å². The summed E-state index contributed by atoms with van der Waals surface area (Å²) in [4.78, 5) is 0. The monoisotopic (exact) mass is 289 g/mol. The Balaban J connectivity index is 1.90. The zero-order chi connectivity index (χ0) is 14.1. The Bertz CT molecular complexity index is 612. The lowest BCUT2D eigenvalue weighted by atomic mass is 9.93. The summed E-state index contributed by atoms with van der Waals surface area (Å²) in [6.07, 6.45) is 0.699. The Morgan fingerprint density at radius 2 is 1.95 bits per heavy atom. The van der Waals surface area contributed by atoms with Gasteiger partial charge in [0.05, 0.1) is 7.11 Å². The minimum atomic E-state index is -0.0606. The minimum Gasteiger partial charge on any atom is -0.497 e. The molecule has 4 heteroatoms. The molecule has 1 aliphatic rings. The first-order chi connectivity index (χ1) is 9.67. The van der Waals surface area contributed by atoms with Crippen LogP contribution in [0.15, 0.2) is 42.5 Å². The Morgan fingerprint density at radius 1 is 1.20 bits per heavy atom. The van der Waals surface area contributed by atoms with E-state index < -0.39 is 0 Å². The van der Waals surface area contributed by atoms with Crippen LogP contribution in [0.25, 0.3) is 0 Å². The van der Waals surface area contributed by atoms with Crippen LogP contribution >= 0.6 is 11.6 Å². The average Bonchev–Trinajstić information content (AvgIpc) is 2.47. The van der Waals surface area contributed by atoms with Crippen molar-refractivity contribution >= 4 is 11.6 Å². The van der Waals surface area contributed by atoms with Crippen LogP contribution in [0.4, 0.5) is 0 Å². The van der Waals surface area contributed by atoms with E-state index in [1.54, 1.807) is 7.11 Å². The summed E-state index contributed by atoms with van der Waals surface area (Å²) < 4.78 is 11.3. The summed E-state index contributed by atoms with van der Waals surface area (Å²) in [5.41, 5.74) is 8.35. The van der Waals surface area contributed by atoms with Crippen molar-refractivity contribution in [3.63, 3.8) is 0 Å². The number of halogens is 1. The number of nitrogens with two attached hydrogens (primary N) is 1. The molecular weight excluding hydrogens is 274 g/mol. The molecule has 2 aromatic carbocycles. The van der Waals surface area contributed by atoms with Crippen LogP contribution in [0, 0.1) is 0 Å². The molecule has 104 valence electrons. The quantitative estimate of drug-likeness (QED) is 0.913. The van der Waals surface area contributed by atoms with Gasteiger partial charge in [0, 0.05) is 23.0 Å². The van der Waals surface area contributed by atoms with E-state index in [-0.39, 0.29) is 12.1 Å². The van der Waals surface area contributed by atoms with E-state index in [2.05, 4.69) is 0 Å². The molecule has 1 heterocycles. The van der Waals surface area contributed by atoms with Gasteiger partial charge in [0.15, 0.2) is 0 Å². The third-order valence-electron chi connectivity index (χ3n) is 3.60.